The third-order valence-corrected chi connectivity index (χ3v) is 14.2. The lowest BCUT2D eigenvalue weighted by molar-refractivity contribution is 0.769. The first-order chi connectivity index (χ1) is 33.8. The molecule has 1 aliphatic carbocycles. The van der Waals surface area contributed by atoms with E-state index in [1.807, 2.05) is 24.5 Å². The van der Waals surface area contributed by atoms with Crippen LogP contribution in [0.5, 0.6) is 0 Å². The van der Waals surface area contributed by atoms with E-state index in [0.717, 1.165) is 111 Å². The molecule has 0 atom stereocenters. The van der Waals surface area contributed by atoms with Crippen LogP contribution >= 0.6 is 0 Å². The highest BCUT2D eigenvalue weighted by Crippen LogP contribution is 2.57. The molecule has 6 heterocycles. The second-order valence-electron chi connectivity index (χ2n) is 18.5. The van der Waals surface area contributed by atoms with E-state index in [0.29, 0.717) is 0 Å². The van der Waals surface area contributed by atoms with E-state index in [1.165, 1.54) is 33.4 Å². The average Bonchev–Trinajstić information content (AvgIpc) is 3.68. The summed E-state index contributed by atoms with van der Waals surface area (Å²) in [5.41, 5.74) is 22.2. The molecule has 0 N–H and O–H groups in total. The van der Waals surface area contributed by atoms with Gasteiger partial charge in [-0.1, -0.05) is 121 Å². The summed E-state index contributed by atoms with van der Waals surface area (Å²) in [6, 6.07) is 65.6. The van der Waals surface area contributed by atoms with Crippen LogP contribution in [0, 0.1) is 27.7 Å². The monoisotopic (exact) mass is 884 g/mol. The second kappa shape index (κ2) is 15.7. The molecule has 1 aliphatic rings. The third-order valence-electron chi connectivity index (χ3n) is 14.2. The summed E-state index contributed by atoms with van der Waals surface area (Å²) in [7, 11) is 0. The molecule has 0 fully saturated rings. The van der Waals surface area contributed by atoms with Crippen LogP contribution < -0.4 is 0 Å². The van der Waals surface area contributed by atoms with Crippen LogP contribution in [0.25, 0.3) is 99.8 Å². The Kier molecular flexibility index (Phi) is 9.21. The van der Waals surface area contributed by atoms with Crippen molar-refractivity contribution in [3.05, 3.63) is 239 Å². The molecule has 0 radical (unpaired) electrons. The minimum Gasteiger partial charge on any atom is -0.256 e. The van der Waals surface area contributed by atoms with E-state index < -0.39 is 5.41 Å². The highest BCUT2D eigenvalue weighted by atomic mass is 14.8. The van der Waals surface area contributed by atoms with Crippen molar-refractivity contribution in [2.45, 2.75) is 33.1 Å². The van der Waals surface area contributed by atoms with Crippen LogP contribution in [0.1, 0.15) is 44.8 Å². The number of nitrogens with zero attached hydrogens (tertiary/aromatic N) is 6. The maximum Gasteiger partial charge on any atom is 0.0972 e. The van der Waals surface area contributed by atoms with E-state index in [1.54, 1.807) is 0 Å². The molecule has 0 amide bonds. The van der Waals surface area contributed by atoms with E-state index >= 15 is 0 Å². The molecule has 0 saturated heterocycles. The van der Waals surface area contributed by atoms with Crippen LogP contribution in [-0.4, -0.2) is 29.9 Å². The van der Waals surface area contributed by atoms with Crippen molar-refractivity contribution in [3.8, 4) is 56.2 Å². The number of benzene rings is 6. The Hall–Kier alpha value is -8.74. The van der Waals surface area contributed by atoms with E-state index in [9.17, 15) is 0 Å². The molecule has 6 heteroatoms. The van der Waals surface area contributed by atoms with Crippen LogP contribution in [0.15, 0.2) is 194 Å². The smallest absolute Gasteiger partial charge is 0.0972 e. The summed E-state index contributed by atoms with van der Waals surface area (Å²) in [6.45, 7) is 8.40. The Morgan fingerprint density at radius 1 is 0.333 bits per heavy atom. The van der Waals surface area contributed by atoms with Gasteiger partial charge in [0.2, 0.25) is 0 Å². The van der Waals surface area contributed by atoms with Gasteiger partial charge >= 0.3 is 0 Å². The van der Waals surface area contributed by atoms with Crippen LogP contribution in [0.3, 0.4) is 0 Å². The summed E-state index contributed by atoms with van der Waals surface area (Å²) in [4.78, 5) is 30.3. The van der Waals surface area contributed by atoms with Gasteiger partial charge in [0.25, 0.3) is 0 Å². The minimum atomic E-state index is -0.741. The molecule has 0 saturated carbocycles. The fraction of sp³-hybridized carbons (Fsp3) is 0.0794. The van der Waals surface area contributed by atoms with Gasteiger partial charge < -0.3 is 0 Å². The summed E-state index contributed by atoms with van der Waals surface area (Å²) >= 11 is 0. The number of hydrogen-bond acceptors (Lipinski definition) is 6. The molecule has 13 rings (SSSR count). The highest BCUT2D eigenvalue weighted by molar-refractivity contribution is 6.06. The summed E-state index contributed by atoms with van der Waals surface area (Å²) in [5, 5.41) is 4.40. The summed E-state index contributed by atoms with van der Waals surface area (Å²) < 4.78 is 0. The second-order valence-corrected chi connectivity index (χ2v) is 18.5. The Labute approximate surface area is 400 Å². The van der Waals surface area contributed by atoms with E-state index in [-0.39, 0.29) is 0 Å². The van der Waals surface area contributed by atoms with Gasteiger partial charge in [0.1, 0.15) is 0 Å². The van der Waals surface area contributed by atoms with Gasteiger partial charge in [-0.05, 0) is 133 Å². The predicted molar refractivity (Wildman–Crippen MR) is 281 cm³/mol. The summed E-state index contributed by atoms with van der Waals surface area (Å²) in [6.07, 6.45) is 3.73. The Morgan fingerprint density at radius 2 is 0.754 bits per heavy atom. The largest absolute Gasteiger partial charge is 0.256 e. The van der Waals surface area contributed by atoms with Crippen molar-refractivity contribution in [3.63, 3.8) is 0 Å². The van der Waals surface area contributed by atoms with Crippen molar-refractivity contribution in [1.82, 2.24) is 29.9 Å². The van der Waals surface area contributed by atoms with Crippen molar-refractivity contribution in [2.24, 2.45) is 0 Å². The van der Waals surface area contributed by atoms with Crippen LogP contribution in [0.2, 0.25) is 0 Å². The molecule has 6 nitrogen and oxygen atoms in total. The topological polar surface area (TPSA) is 77.3 Å². The molecule has 0 aliphatic heterocycles. The average molecular weight is 885 g/mol. The predicted octanol–water partition coefficient (Wildman–Crippen LogP) is 14.9. The standard InChI is InChI=1S/C63H44N6/c1-37-33-39(3)66-61-49(37)25-15-43-19-29-57(68-59(43)61)41-11-21-47(22-12-41)63(48-23-13-42(14-24-48)58-30-20-44-16-26-50-38(2)34-40(4)67-62(50)60(44)69-58)53-35-45(55-9-5-7-31-64-55)17-27-51(53)52-28-18-46(36-54(52)63)56-10-6-8-32-65-56/h5-36H,1-4H3. The van der Waals surface area contributed by atoms with Gasteiger partial charge in [0.15, 0.2) is 0 Å². The first-order valence-electron chi connectivity index (χ1n) is 23.5. The zero-order valence-electron chi connectivity index (χ0n) is 38.7. The molecule has 6 aromatic carbocycles. The van der Waals surface area contributed by atoms with E-state index in [4.69, 9.17) is 29.9 Å². The van der Waals surface area contributed by atoms with Crippen LogP contribution in [0.4, 0.5) is 0 Å². The van der Waals surface area contributed by atoms with E-state index in [2.05, 4.69) is 198 Å². The SMILES string of the molecule is Cc1cc(C)c2ccc3ccc(-c4ccc(C5(c6ccc(-c7ccc8ccc9c(C)cc(C)nc9c8n7)cc6)c6cc(-c7ccccn7)ccc6-c6ccc(-c7ccccn7)cc65)cc4)nc3c2n1. The first kappa shape index (κ1) is 40.5. The Balaban J connectivity index is 1.03. The van der Waals surface area contributed by atoms with Crippen molar-refractivity contribution in [2.75, 3.05) is 0 Å². The Bertz CT molecular complexity index is 3770. The third kappa shape index (κ3) is 6.47. The van der Waals surface area contributed by atoms with Gasteiger partial charge in [-0.15, -0.1) is 0 Å². The molecule has 0 unspecified atom stereocenters. The lowest BCUT2D eigenvalue weighted by atomic mass is 9.67. The maximum atomic E-state index is 5.32. The van der Waals surface area contributed by atoms with Crippen molar-refractivity contribution < 1.29 is 0 Å². The minimum absolute atomic E-state index is 0.741. The number of fused-ring (bicyclic) bond motifs is 9. The molecule has 0 bridgehead atoms. The molecular formula is C63H44N6. The lowest BCUT2D eigenvalue weighted by Crippen LogP contribution is -2.28. The number of aryl methyl sites for hydroxylation is 4. The van der Waals surface area contributed by atoms with Gasteiger partial charge in [0, 0.05) is 67.6 Å². The van der Waals surface area contributed by atoms with Crippen molar-refractivity contribution in [1.29, 1.82) is 0 Å². The fourth-order valence-electron chi connectivity index (χ4n) is 11.0. The summed E-state index contributed by atoms with van der Waals surface area (Å²) in [5.74, 6) is 0. The number of pyridine rings is 6. The molecule has 0 spiro atoms. The number of hydrogen-bond donors (Lipinski definition) is 0. The highest BCUT2D eigenvalue weighted by Gasteiger charge is 2.46. The molecular weight excluding hydrogens is 841 g/mol. The number of aromatic nitrogens is 6. The van der Waals surface area contributed by atoms with Crippen molar-refractivity contribution >= 4 is 43.6 Å². The zero-order chi connectivity index (χ0) is 46.4. The lowest BCUT2D eigenvalue weighted by Gasteiger charge is -2.34. The Morgan fingerprint density at radius 3 is 1.17 bits per heavy atom. The molecule has 6 aromatic heterocycles. The zero-order valence-corrected chi connectivity index (χ0v) is 38.7. The molecule has 12 aromatic rings. The molecule has 326 valence electrons. The van der Waals surface area contributed by atoms with Gasteiger partial charge in [0.05, 0.1) is 50.3 Å². The van der Waals surface area contributed by atoms with Gasteiger partial charge in [-0.25, -0.2) is 9.97 Å². The van der Waals surface area contributed by atoms with Gasteiger partial charge in [-0.2, -0.15) is 0 Å². The molecule has 69 heavy (non-hydrogen) atoms. The fourth-order valence-corrected chi connectivity index (χ4v) is 11.0. The van der Waals surface area contributed by atoms with Crippen LogP contribution in [-0.2, 0) is 5.41 Å². The quantitative estimate of drug-likeness (QED) is 0.155. The normalized spacial score (nSPS) is 12.8. The van der Waals surface area contributed by atoms with Gasteiger partial charge in [-0.3, -0.25) is 19.9 Å². The maximum absolute atomic E-state index is 5.32. The first-order valence-corrected chi connectivity index (χ1v) is 23.5. The number of rotatable bonds is 6.